The molecule has 1 heterocycles. The Morgan fingerprint density at radius 1 is 1.24 bits per heavy atom. The maximum Gasteiger partial charge on any atom is 0.251 e. The summed E-state index contributed by atoms with van der Waals surface area (Å²) >= 11 is 0. The molecule has 3 rings (SSSR count). The van der Waals surface area contributed by atoms with Crippen LogP contribution in [0.3, 0.4) is 0 Å². The van der Waals surface area contributed by atoms with E-state index < -0.39 is 0 Å². The van der Waals surface area contributed by atoms with E-state index in [-0.39, 0.29) is 11.9 Å². The second-order valence-electron chi connectivity index (χ2n) is 5.09. The summed E-state index contributed by atoms with van der Waals surface area (Å²) in [5.74, 6) is 0.599. The summed E-state index contributed by atoms with van der Waals surface area (Å²) < 4.78 is 5.16. The summed E-state index contributed by atoms with van der Waals surface area (Å²) in [6, 6.07) is 15.4. The van der Waals surface area contributed by atoms with E-state index in [0.29, 0.717) is 11.3 Å². The lowest BCUT2D eigenvalue weighted by Gasteiger charge is -2.27. The van der Waals surface area contributed by atoms with Gasteiger partial charge >= 0.3 is 0 Å². The Morgan fingerprint density at radius 2 is 2.10 bits per heavy atom. The molecule has 0 radical (unpaired) electrons. The molecule has 0 aliphatic carbocycles. The molecule has 0 bridgehead atoms. The normalized spacial score (nSPS) is 16.9. The molecular weight excluding hydrogens is 264 g/mol. The number of benzene rings is 2. The first kappa shape index (κ1) is 13.6. The van der Waals surface area contributed by atoms with Crippen molar-refractivity contribution in [3.05, 3.63) is 65.2 Å². The smallest absolute Gasteiger partial charge is 0.251 e. The van der Waals surface area contributed by atoms with E-state index >= 15 is 0 Å². The summed E-state index contributed by atoms with van der Waals surface area (Å²) in [7, 11) is 1.60. The van der Waals surface area contributed by atoms with Crippen LogP contribution in [0.4, 0.5) is 0 Å². The van der Waals surface area contributed by atoms with Crippen molar-refractivity contribution in [1.82, 2.24) is 10.6 Å². The number of methoxy groups -OCH3 is 1. The highest BCUT2D eigenvalue weighted by atomic mass is 16.5. The quantitative estimate of drug-likeness (QED) is 0.908. The fraction of sp³-hybridized carbons (Fsp3) is 0.235. The minimum absolute atomic E-state index is 0.00588. The average molecular weight is 282 g/mol. The van der Waals surface area contributed by atoms with Gasteiger partial charge in [-0.25, -0.2) is 0 Å². The van der Waals surface area contributed by atoms with Gasteiger partial charge in [-0.15, -0.1) is 0 Å². The number of rotatable bonds is 3. The third-order valence-corrected chi connectivity index (χ3v) is 3.73. The van der Waals surface area contributed by atoms with Crippen LogP contribution in [0, 0.1) is 0 Å². The summed E-state index contributed by atoms with van der Waals surface area (Å²) in [4.78, 5) is 12.4. The molecule has 1 amide bonds. The maximum atomic E-state index is 12.4. The van der Waals surface area contributed by atoms with Gasteiger partial charge in [0.15, 0.2) is 0 Å². The topological polar surface area (TPSA) is 50.4 Å². The number of ether oxygens (including phenoxy) is 1. The molecule has 0 saturated heterocycles. The molecule has 108 valence electrons. The lowest BCUT2D eigenvalue weighted by Crippen LogP contribution is -2.39. The number of nitrogens with one attached hydrogen (secondary N) is 2. The van der Waals surface area contributed by atoms with E-state index in [2.05, 4.69) is 22.8 Å². The first-order valence-corrected chi connectivity index (χ1v) is 7.01. The van der Waals surface area contributed by atoms with Gasteiger partial charge in [-0.1, -0.05) is 30.3 Å². The molecule has 1 aliphatic rings. The van der Waals surface area contributed by atoms with Gasteiger partial charge in [-0.05, 0) is 29.3 Å². The van der Waals surface area contributed by atoms with Crippen LogP contribution in [0.1, 0.15) is 27.5 Å². The van der Waals surface area contributed by atoms with Crippen molar-refractivity contribution in [1.29, 1.82) is 0 Å². The minimum atomic E-state index is -0.0857. The molecule has 0 aromatic heterocycles. The molecule has 0 saturated carbocycles. The summed E-state index contributed by atoms with van der Waals surface area (Å²) in [5, 5.41) is 6.42. The number of amides is 1. The second kappa shape index (κ2) is 5.97. The van der Waals surface area contributed by atoms with Crippen LogP contribution in [-0.2, 0) is 6.54 Å². The first-order chi connectivity index (χ1) is 10.3. The van der Waals surface area contributed by atoms with Crippen LogP contribution in [-0.4, -0.2) is 19.6 Å². The largest absolute Gasteiger partial charge is 0.497 e. The Kier molecular flexibility index (Phi) is 3.88. The Balaban J connectivity index is 1.79. The number of fused-ring (bicyclic) bond motifs is 1. The number of hydrogen-bond acceptors (Lipinski definition) is 3. The third-order valence-electron chi connectivity index (χ3n) is 3.73. The standard InChI is InChI=1S/C17H18N2O2/c1-21-14-7-4-6-12(9-14)17(20)19-16-11-18-10-13-5-2-3-8-15(13)16/h2-9,16,18H,10-11H2,1H3,(H,19,20). The molecule has 0 fully saturated rings. The van der Waals surface area contributed by atoms with Crippen LogP contribution in [0.2, 0.25) is 0 Å². The Labute approximate surface area is 124 Å². The zero-order valence-corrected chi connectivity index (χ0v) is 11.9. The van der Waals surface area contributed by atoms with E-state index in [1.54, 1.807) is 19.2 Å². The van der Waals surface area contributed by atoms with Gasteiger partial charge in [0.2, 0.25) is 0 Å². The number of hydrogen-bond donors (Lipinski definition) is 2. The first-order valence-electron chi connectivity index (χ1n) is 7.01. The summed E-state index contributed by atoms with van der Waals surface area (Å²) in [6.07, 6.45) is 0. The molecule has 1 unspecified atom stereocenters. The average Bonchev–Trinajstić information content (AvgIpc) is 2.55. The van der Waals surface area contributed by atoms with Gasteiger partial charge in [0.05, 0.1) is 13.2 Å². The van der Waals surface area contributed by atoms with Gasteiger partial charge in [-0.2, -0.15) is 0 Å². The highest BCUT2D eigenvalue weighted by Crippen LogP contribution is 2.22. The zero-order chi connectivity index (χ0) is 14.7. The third kappa shape index (κ3) is 2.90. The van der Waals surface area contributed by atoms with Crippen LogP contribution in [0.15, 0.2) is 48.5 Å². The summed E-state index contributed by atoms with van der Waals surface area (Å²) in [6.45, 7) is 1.59. The van der Waals surface area contributed by atoms with Crippen molar-refractivity contribution in [3.8, 4) is 5.75 Å². The fourth-order valence-corrected chi connectivity index (χ4v) is 2.63. The van der Waals surface area contributed by atoms with Gasteiger partial charge in [-0.3, -0.25) is 4.79 Å². The van der Waals surface area contributed by atoms with Crippen LogP contribution >= 0.6 is 0 Å². The van der Waals surface area contributed by atoms with E-state index in [4.69, 9.17) is 4.74 Å². The molecule has 21 heavy (non-hydrogen) atoms. The predicted octanol–water partition coefficient (Wildman–Crippen LogP) is 2.27. The minimum Gasteiger partial charge on any atom is -0.497 e. The van der Waals surface area contributed by atoms with Crippen molar-refractivity contribution in [3.63, 3.8) is 0 Å². The monoisotopic (exact) mass is 282 g/mol. The molecule has 2 N–H and O–H groups in total. The molecule has 4 nitrogen and oxygen atoms in total. The molecule has 0 spiro atoms. The van der Waals surface area contributed by atoms with Crippen molar-refractivity contribution >= 4 is 5.91 Å². The highest BCUT2D eigenvalue weighted by molar-refractivity contribution is 5.94. The second-order valence-corrected chi connectivity index (χ2v) is 5.09. The maximum absolute atomic E-state index is 12.4. The number of carbonyl (C=O) groups is 1. The van der Waals surface area contributed by atoms with E-state index in [1.807, 2.05) is 24.3 Å². The molecule has 2 aromatic rings. The Hall–Kier alpha value is -2.33. The molecule has 2 aromatic carbocycles. The fourth-order valence-electron chi connectivity index (χ4n) is 2.63. The lowest BCUT2D eigenvalue weighted by molar-refractivity contribution is 0.0934. The molecule has 1 atom stereocenters. The lowest BCUT2D eigenvalue weighted by atomic mass is 9.96. The van der Waals surface area contributed by atoms with E-state index in [0.717, 1.165) is 13.1 Å². The van der Waals surface area contributed by atoms with Crippen LogP contribution < -0.4 is 15.4 Å². The molecular formula is C17H18N2O2. The van der Waals surface area contributed by atoms with E-state index in [1.165, 1.54) is 11.1 Å². The van der Waals surface area contributed by atoms with Crippen LogP contribution in [0.25, 0.3) is 0 Å². The van der Waals surface area contributed by atoms with Gasteiger partial charge in [0.25, 0.3) is 5.91 Å². The SMILES string of the molecule is COc1cccc(C(=O)NC2CNCc3ccccc32)c1. The van der Waals surface area contributed by atoms with Gasteiger partial charge in [0.1, 0.15) is 5.75 Å². The van der Waals surface area contributed by atoms with E-state index in [9.17, 15) is 4.79 Å². The van der Waals surface area contributed by atoms with Crippen LogP contribution in [0.5, 0.6) is 5.75 Å². The van der Waals surface area contributed by atoms with Crippen molar-refractivity contribution in [2.75, 3.05) is 13.7 Å². The van der Waals surface area contributed by atoms with Crippen molar-refractivity contribution in [2.24, 2.45) is 0 Å². The van der Waals surface area contributed by atoms with Gasteiger partial charge in [0, 0.05) is 18.7 Å². The predicted molar refractivity (Wildman–Crippen MR) is 81.3 cm³/mol. The molecule has 1 aliphatic heterocycles. The summed E-state index contributed by atoms with van der Waals surface area (Å²) in [5.41, 5.74) is 3.03. The highest BCUT2D eigenvalue weighted by Gasteiger charge is 2.21. The Bertz CT molecular complexity index is 655. The number of carbonyl (C=O) groups excluding carboxylic acids is 1. The Morgan fingerprint density at radius 3 is 2.95 bits per heavy atom. The molecule has 4 heteroatoms. The van der Waals surface area contributed by atoms with Crippen molar-refractivity contribution < 1.29 is 9.53 Å². The van der Waals surface area contributed by atoms with Crippen molar-refractivity contribution in [2.45, 2.75) is 12.6 Å². The zero-order valence-electron chi connectivity index (χ0n) is 11.9. The van der Waals surface area contributed by atoms with Gasteiger partial charge < -0.3 is 15.4 Å².